The number of hydrogen-bond acceptors (Lipinski definition) is 8. The molecule has 8 heteroatoms. The summed E-state index contributed by atoms with van der Waals surface area (Å²) in [4.78, 5) is 26.0. The zero-order valence-corrected chi connectivity index (χ0v) is 19.0. The Bertz CT molecular complexity index is 864. The first-order valence-corrected chi connectivity index (χ1v) is 11.0. The highest BCUT2D eigenvalue weighted by Crippen LogP contribution is 2.65. The monoisotopic (exact) mass is 438 g/mol. The molecule has 4 rings (SSSR count). The standard InChI is InChI=1S/C23H34O8/c1-10-13(25)8-23(29)11(2)18-21(6,19(28)17(27)16(10)20(23,4)5)14(26)7-15-22(18,9-30-15)31-12(3)24/h11,13-15,17-18,25-27,29H,7-9H2,1-6H3/t11-,13-,14-,15+,17+,18-,21+,22-,23+/m0/s1. The maximum atomic E-state index is 13.9. The summed E-state index contributed by atoms with van der Waals surface area (Å²) >= 11 is 0. The predicted octanol–water partition coefficient (Wildman–Crippen LogP) is 0.492. The molecule has 31 heavy (non-hydrogen) atoms. The quantitative estimate of drug-likeness (QED) is 0.343. The molecule has 8 nitrogen and oxygen atoms in total. The van der Waals surface area contributed by atoms with E-state index in [0.717, 1.165) is 0 Å². The van der Waals surface area contributed by atoms with Gasteiger partial charge in [-0.15, -0.1) is 0 Å². The van der Waals surface area contributed by atoms with Crippen molar-refractivity contribution in [3.05, 3.63) is 11.1 Å². The van der Waals surface area contributed by atoms with Gasteiger partial charge in [-0.3, -0.25) is 9.59 Å². The molecule has 0 aromatic rings. The van der Waals surface area contributed by atoms with Crippen molar-refractivity contribution in [1.82, 2.24) is 0 Å². The van der Waals surface area contributed by atoms with Gasteiger partial charge in [0.1, 0.15) is 12.2 Å². The van der Waals surface area contributed by atoms with Gasteiger partial charge in [0, 0.05) is 31.1 Å². The Morgan fingerprint density at radius 3 is 2.32 bits per heavy atom. The molecule has 1 heterocycles. The Morgan fingerprint density at radius 2 is 1.81 bits per heavy atom. The number of aliphatic hydroxyl groups is 4. The number of Topliss-reactive ketones (excluding diaryl/α,β-unsaturated/α-hetero) is 1. The molecule has 0 spiro atoms. The molecule has 1 aliphatic heterocycles. The van der Waals surface area contributed by atoms with Crippen LogP contribution in [0.4, 0.5) is 0 Å². The molecule has 1 saturated heterocycles. The largest absolute Gasteiger partial charge is 0.454 e. The second-order valence-electron chi connectivity index (χ2n) is 10.8. The smallest absolute Gasteiger partial charge is 0.303 e. The predicted molar refractivity (Wildman–Crippen MR) is 109 cm³/mol. The van der Waals surface area contributed by atoms with E-state index in [1.54, 1.807) is 34.6 Å². The topological polar surface area (TPSA) is 134 Å². The van der Waals surface area contributed by atoms with Crippen molar-refractivity contribution in [2.24, 2.45) is 22.7 Å². The highest BCUT2D eigenvalue weighted by molar-refractivity contribution is 5.93. The zero-order chi connectivity index (χ0) is 23.3. The van der Waals surface area contributed by atoms with Gasteiger partial charge in [-0.05, 0) is 30.9 Å². The maximum absolute atomic E-state index is 13.9. The van der Waals surface area contributed by atoms with Crippen LogP contribution >= 0.6 is 0 Å². The summed E-state index contributed by atoms with van der Waals surface area (Å²) in [7, 11) is 0. The lowest BCUT2D eigenvalue weighted by atomic mass is 9.42. The molecule has 0 aromatic heterocycles. The first-order chi connectivity index (χ1) is 14.2. The van der Waals surface area contributed by atoms with Crippen LogP contribution in [0, 0.1) is 22.7 Å². The van der Waals surface area contributed by atoms with Crippen molar-refractivity contribution < 1.29 is 39.5 Å². The van der Waals surface area contributed by atoms with E-state index in [4.69, 9.17) is 9.47 Å². The van der Waals surface area contributed by atoms with Gasteiger partial charge in [0.25, 0.3) is 0 Å². The first-order valence-electron chi connectivity index (χ1n) is 11.0. The Morgan fingerprint density at radius 1 is 1.19 bits per heavy atom. The number of carbonyl (C=O) groups excluding carboxylic acids is 2. The van der Waals surface area contributed by atoms with Crippen molar-refractivity contribution >= 4 is 11.8 Å². The Labute approximate surface area is 182 Å². The van der Waals surface area contributed by atoms with E-state index in [0.29, 0.717) is 11.1 Å². The van der Waals surface area contributed by atoms with E-state index in [9.17, 15) is 30.0 Å². The Kier molecular flexibility index (Phi) is 4.87. The normalized spacial score (nSPS) is 51.1. The average molecular weight is 439 g/mol. The van der Waals surface area contributed by atoms with Crippen LogP contribution in [0.2, 0.25) is 0 Å². The number of carbonyl (C=O) groups is 2. The SMILES string of the molecule is CC(=O)O[C@@]12CO[C@@H]1C[C@H](O)[C@@]1(C)C(=O)[C@H](O)C3=C(C)[C@@H](O)C[C@@](O)([C@@H](C)[C@H]21)C3(C)C. The Hall–Kier alpha value is -1.32. The van der Waals surface area contributed by atoms with Gasteiger partial charge in [-0.2, -0.15) is 0 Å². The van der Waals surface area contributed by atoms with Gasteiger partial charge >= 0.3 is 5.97 Å². The van der Waals surface area contributed by atoms with E-state index < -0.39 is 70.0 Å². The molecule has 0 amide bonds. The van der Waals surface area contributed by atoms with E-state index in [-0.39, 0.29) is 19.4 Å². The third kappa shape index (κ3) is 2.54. The minimum atomic E-state index is -1.61. The lowest BCUT2D eigenvalue weighted by molar-refractivity contribution is -0.338. The third-order valence-corrected chi connectivity index (χ3v) is 9.18. The summed E-state index contributed by atoms with van der Waals surface area (Å²) in [5.74, 6) is -2.64. The number of ether oxygens (including phenoxy) is 2. The lowest BCUT2D eigenvalue weighted by Crippen LogP contribution is -2.79. The summed E-state index contributed by atoms with van der Waals surface area (Å²) in [6.07, 6.45) is -4.34. The van der Waals surface area contributed by atoms with Gasteiger partial charge in [0.15, 0.2) is 11.4 Å². The number of fused-ring (bicyclic) bond motifs is 5. The summed E-state index contributed by atoms with van der Waals surface area (Å²) in [6, 6.07) is 0. The fraction of sp³-hybridized carbons (Fsp3) is 0.826. The van der Waals surface area contributed by atoms with Gasteiger partial charge in [-0.25, -0.2) is 0 Å². The molecule has 2 saturated carbocycles. The lowest BCUT2D eigenvalue weighted by Gasteiger charge is -2.67. The van der Waals surface area contributed by atoms with E-state index in [2.05, 4.69) is 0 Å². The number of aliphatic hydroxyl groups excluding tert-OH is 3. The van der Waals surface area contributed by atoms with Crippen molar-refractivity contribution in [2.75, 3.05) is 6.61 Å². The van der Waals surface area contributed by atoms with Crippen LogP contribution in [-0.4, -0.2) is 74.4 Å². The number of ketones is 1. The highest BCUT2D eigenvalue weighted by atomic mass is 16.6. The molecule has 4 aliphatic rings. The second-order valence-corrected chi connectivity index (χ2v) is 10.8. The molecule has 3 fully saturated rings. The van der Waals surface area contributed by atoms with Crippen molar-refractivity contribution in [2.45, 2.75) is 90.0 Å². The van der Waals surface area contributed by atoms with Crippen molar-refractivity contribution in [3.63, 3.8) is 0 Å². The van der Waals surface area contributed by atoms with Crippen LogP contribution in [-0.2, 0) is 19.1 Å². The molecular weight excluding hydrogens is 404 g/mol. The average Bonchev–Trinajstić information content (AvgIpc) is 2.65. The van der Waals surface area contributed by atoms with Crippen LogP contribution in [0.25, 0.3) is 0 Å². The van der Waals surface area contributed by atoms with Crippen LogP contribution in [0.15, 0.2) is 11.1 Å². The number of rotatable bonds is 1. The second kappa shape index (κ2) is 6.60. The van der Waals surface area contributed by atoms with E-state index in [1.165, 1.54) is 6.92 Å². The fourth-order valence-electron chi connectivity index (χ4n) is 7.39. The van der Waals surface area contributed by atoms with Crippen molar-refractivity contribution in [3.8, 4) is 0 Å². The van der Waals surface area contributed by atoms with Gasteiger partial charge in [0.05, 0.1) is 29.8 Å². The van der Waals surface area contributed by atoms with E-state index in [1.807, 2.05) is 0 Å². The summed E-state index contributed by atoms with van der Waals surface area (Å²) in [5.41, 5.74) is -4.53. The molecule has 0 unspecified atom stereocenters. The summed E-state index contributed by atoms with van der Waals surface area (Å²) < 4.78 is 11.5. The molecular formula is C23H34O8. The van der Waals surface area contributed by atoms with Crippen LogP contribution < -0.4 is 0 Å². The molecule has 3 aliphatic carbocycles. The highest BCUT2D eigenvalue weighted by Gasteiger charge is 2.75. The van der Waals surface area contributed by atoms with Gasteiger partial charge < -0.3 is 29.9 Å². The molecule has 9 atom stereocenters. The Balaban J connectivity index is 2.02. The number of esters is 1. The third-order valence-electron chi connectivity index (χ3n) is 9.18. The van der Waals surface area contributed by atoms with Gasteiger partial charge in [-0.1, -0.05) is 20.8 Å². The van der Waals surface area contributed by atoms with Crippen LogP contribution in [0.1, 0.15) is 54.4 Å². The fourth-order valence-corrected chi connectivity index (χ4v) is 7.39. The van der Waals surface area contributed by atoms with E-state index >= 15 is 0 Å². The molecule has 4 N–H and O–H groups in total. The zero-order valence-electron chi connectivity index (χ0n) is 19.0. The van der Waals surface area contributed by atoms with Crippen molar-refractivity contribution in [1.29, 1.82) is 0 Å². The molecule has 174 valence electrons. The van der Waals surface area contributed by atoms with Gasteiger partial charge in [0.2, 0.25) is 0 Å². The number of hydrogen-bond donors (Lipinski definition) is 4. The van der Waals surface area contributed by atoms with Crippen LogP contribution in [0.3, 0.4) is 0 Å². The molecule has 0 radical (unpaired) electrons. The minimum Gasteiger partial charge on any atom is -0.454 e. The molecule has 0 aromatic carbocycles. The van der Waals surface area contributed by atoms with Crippen LogP contribution in [0.5, 0.6) is 0 Å². The summed E-state index contributed by atoms with van der Waals surface area (Å²) in [6.45, 7) is 9.88. The maximum Gasteiger partial charge on any atom is 0.303 e. The first kappa shape index (κ1) is 22.9. The summed E-state index contributed by atoms with van der Waals surface area (Å²) in [5, 5.41) is 45.4. The minimum absolute atomic E-state index is 0.00175. The molecule has 2 bridgehead atoms.